The fourth-order valence-electron chi connectivity index (χ4n) is 1.65. The molecule has 0 atom stereocenters. The minimum Gasteiger partial charge on any atom is -0.382 e. The third-order valence-electron chi connectivity index (χ3n) is 2.29. The van der Waals surface area contributed by atoms with Crippen LogP contribution in [-0.4, -0.2) is 16.2 Å². The summed E-state index contributed by atoms with van der Waals surface area (Å²) < 4.78 is 0. The normalized spacial score (nSPS) is 11.3. The van der Waals surface area contributed by atoms with E-state index in [2.05, 4.69) is 29.4 Å². The molecule has 0 radical (unpaired) electrons. The van der Waals surface area contributed by atoms with E-state index >= 15 is 0 Å². The van der Waals surface area contributed by atoms with Crippen LogP contribution in [0.5, 0.6) is 0 Å². The average molecular weight is 224 g/mol. The number of hydrogen-bond acceptors (Lipinski definition) is 2. The maximum Gasteiger partial charge on any atom is 0.0750 e. The van der Waals surface area contributed by atoms with E-state index < -0.39 is 0 Å². The number of hydrogen-bond donors (Lipinski definition) is 2. The van der Waals surface area contributed by atoms with Crippen molar-refractivity contribution in [3.05, 3.63) is 22.8 Å². The van der Waals surface area contributed by atoms with E-state index in [1.807, 2.05) is 19.1 Å². The molecule has 0 saturated carbocycles. The fraction of sp³-hybridized carbons (Fsp3) is 0.364. The zero-order chi connectivity index (χ0) is 11.0. The van der Waals surface area contributed by atoms with Crippen molar-refractivity contribution in [2.75, 3.05) is 5.32 Å². The van der Waals surface area contributed by atoms with Crippen LogP contribution in [0.3, 0.4) is 0 Å². The van der Waals surface area contributed by atoms with Crippen molar-refractivity contribution < 1.29 is 0 Å². The molecule has 0 bridgehead atoms. The van der Waals surface area contributed by atoms with E-state index in [-0.39, 0.29) is 0 Å². The van der Waals surface area contributed by atoms with Gasteiger partial charge in [-0.3, -0.25) is 5.10 Å². The number of H-pyrrole nitrogens is 1. The van der Waals surface area contributed by atoms with Crippen LogP contribution in [0.4, 0.5) is 5.69 Å². The molecule has 1 heterocycles. The van der Waals surface area contributed by atoms with Gasteiger partial charge in [-0.05, 0) is 32.9 Å². The second-order valence-corrected chi connectivity index (χ2v) is 4.34. The molecule has 0 saturated heterocycles. The summed E-state index contributed by atoms with van der Waals surface area (Å²) in [6, 6.07) is 4.33. The van der Waals surface area contributed by atoms with Gasteiger partial charge in [0.15, 0.2) is 0 Å². The van der Waals surface area contributed by atoms with Crippen LogP contribution < -0.4 is 5.32 Å². The van der Waals surface area contributed by atoms with Gasteiger partial charge in [-0.2, -0.15) is 5.10 Å². The first-order valence-corrected chi connectivity index (χ1v) is 5.37. The van der Waals surface area contributed by atoms with E-state index in [9.17, 15) is 0 Å². The van der Waals surface area contributed by atoms with Crippen molar-refractivity contribution in [1.82, 2.24) is 10.2 Å². The van der Waals surface area contributed by atoms with Gasteiger partial charge in [0.2, 0.25) is 0 Å². The summed E-state index contributed by atoms with van der Waals surface area (Å²) in [4.78, 5) is 0. The molecule has 1 aromatic heterocycles. The quantitative estimate of drug-likeness (QED) is 0.820. The number of anilines is 1. The summed E-state index contributed by atoms with van der Waals surface area (Å²) >= 11 is 6.31. The molecule has 0 aliphatic carbocycles. The molecule has 0 aliphatic rings. The molecule has 1 aromatic carbocycles. The van der Waals surface area contributed by atoms with E-state index in [1.165, 1.54) is 0 Å². The standard InChI is InChI=1S/C11H14ClN3/c1-6(2)13-9-5-4-8-10(11(9)12)7(3)14-15-8/h4-6,13H,1-3H3,(H,14,15). The Balaban J connectivity index is 2.58. The lowest BCUT2D eigenvalue weighted by Gasteiger charge is -2.12. The fourth-order valence-corrected chi connectivity index (χ4v) is 2.00. The van der Waals surface area contributed by atoms with Crippen LogP contribution in [-0.2, 0) is 0 Å². The minimum atomic E-state index is 0.368. The van der Waals surface area contributed by atoms with Crippen LogP contribution in [0.2, 0.25) is 5.02 Å². The third-order valence-corrected chi connectivity index (χ3v) is 2.68. The Kier molecular flexibility index (Phi) is 2.57. The average Bonchev–Trinajstić information content (AvgIpc) is 2.53. The molecule has 0 amide bonds. The van der Waals surface area contributed by atoms with E-state index in [0.29, 0.717) is 6.04 Å². The summed E-state index contributed by atoms with van der Waals surface area (Å²) in [7, 11) is 0. The van der Waals surface area contributed by atoms with Crippen molar-refractivity contribution in [3.63, 3.8) is 0 Å². The van der Waals surface area contributed by atoms with E-state index in [1.54, 1.807) is 0 Å². The molecule has 15 heavy (non-hydrogen) atoms. The molecule has 0 fully saturated rings. The van der Waals surface area contributed by atoms with Crippen molar-refractivity contribution in [2.24, 2.45) is 0 Å². The highest BCUT2D eigenvalue weighted by Gasteiger charge is 2.10. The third kappa shape index (κ3) is 1.79. The first kappa shape index (κ1) is 10.3. The van der Waals surface area contributed by atoms with Gasteiger partial charge in [0, 0.05) is 11.4 Å². The summed E-state index contributed by atoms with van der Waals surface area (Å²) in [6.07, 6.45) is 0. The van der Waals surface area contributed by atoms with Gasteiger partial charge >= 0.3 is 0 Å². The zero-order valence-corrected chi connectivity index (χ0v) is 9.81. The highest BCUT2D eigenvalue weighted by atomic mass is 35.5. The number of rotatable bonds is 2. The number of aryl methyl sites for hydroxylation is 1. The molecule has 0 spiro atoms. The summed E-state index contributed by atoms with van der Waals surface area (Å²) in [5.74, 6) is 0. The van der Waals surface area contributed by atoms with Crippen molar-refractivity contribution in [1.29, 1.82) is 0 Å². The monoisotopic (exact) mass is 223 g/mol. The van der Waals surface area contributed by atoms with Crippen molar-refractivity contribution in [3.8, 4) is 0 Å². The topological polar surface area (TPSA) is 40.7 Å². The molecule has 80 valence electrons. The Bertz CT molecular complexity index is 488. The number of nitrogens with one attached hydrogen (secondary N) is 2. The smallest absolute Gasteiger partial charge is 0.0750 e. The molecule has 2 N–H and O–H groups in total. The molecule has 2 rings (SSSR count). The van der Waals surface area contributed by atoms with Gasteiger partial charge in [0.05, 0.1) is 21.9 Å². The second kappa shape index (κ2) is 3.74. The molecule has 0 aliphatic heterocycles. The molecular formula is C11H14ClN3. The largest absolute Gasteiger partial charge is 0.382 e. The molecule has 4 heteroatoms. The van der Waals surface area contributed by atoms with E-state index in [0.717, 1.165) is 27.3 Å². The Labute approximate surface area is 93.8 Å². The summed E-state index contributed by atoms with van der Waals surface area (Å²) in [6.45, 7) is 6.12. The number of benzene rings is 1. The first-order chi connectivity index (χ1) is 7.09. The molecular weight excluding hydrogens is 210 g/mol. The Morgan fingerprint density at radius 3 is 2.80 bits per heavy atom. The van der Waals surface area contributed by atoms with Gasteiger partial charge in [0.1, 0.15) is 0 Å². The van der Waals surface area contributed by atoms with Gasteiger partial charge in [-0.1, -0.05) is 11.6 Å². The van der Waals surface area contributed by atoms with Crippen molar-refractivity contribution >= 4 is 28.2 Å². The maximum absolute atomic E-state index is 6.31. The second-order valence-electron chi connectivity index (χ2n) is 3.96. The van der Waals surface area contributed by atoms with Gasteiger partial charge in [0.25, 0.3) is 0 Å². The van der Waals surface area contributed by atoms with Gasteiger partial charge < -0.3 is 5.32 Å². The lowest BCUT2D eigenvalue weighted by atomic mass is 10.2. The van der Waals surface area contributed by atoms with Crippen LogP contribution in [0.15, 0.2) is 12.1 Å². The molecule has 3 nitrogen and oxygen atoms in total. The lowest BCUT2D eigenvalue weighted by molar-refractivity contribution is 0.900. The summed E-state index contributed by atoms with van der Waals surface area (Å²) in [5.41, 5.74) is 2.87. The van der Waals surface area contributed by atoms with Gasteiger partial charge in [-0.15, -0.1) is 0 Å². The van der Waals surface area contributed by atoms with Crippen LogP contribution in [0.25, 0.3) is 10.9 Å². The van der Waals surface area contributed by atoms with Crippen LogP contribution >= 0.6 is 11.6 Å². The first-order valence-electron chi connectivity index (χ1n) is 4.99. The SMILES string of the molecule is Cc1n[nH]c2ccc(NC(C)C)c(Cl)c12. The minimum absolute atomic E-state index is 0.368. The summed E-state index contributed by atoms with van der Waals surface area (Å²) in [5, 5.41) is 12.1. The Morgan fingerprint density at radius 1 is 1.40 bits per heavy atom. The number of nitrogens with zero attached hydrogens (tertiary/aromatic N) is 1. The highest BCUT2D eigenvalue weighted by molar-refractivity contribution is 6.38. The van der Waals surface area contributed by atoms with Crippen LogP contribution in [0.1, 0.15) is 19.5 Å². The molecule has 0 unspecified atom stereocenters. The number of aromatic nitrogens is 2. The highest BCUT2D eigenvalue weighted by Crippen LogP contribution is 2.32. The lowest BCUT2D eigenvalue weighted by Crippen LogP contribution is -2.09. The predicted molar refractivity (Wildman–Crippen MR) is 64.6 cm³/mol. The van der Waals surface area contributed by atoms with Crippen molar-refractivity contribution in [2.45, 2.75) is 26.8 Å². The van der Waals surface area contributed by atoms with Crippen LogP contribution in [0, 0.1) is 6.92 Å². The number of aromatic amines is 1. The number of fused-ring (bicyclic) bond motifs is 1. The zero-order valence-electron chi connectivity index (χ0n) is 9.06. The predicted octanol–water partition coefficient (Wildman–Crippen LogP) is 3.35. The number of halogens is 1. The van der Waals surface area contributed by atoms with Gasteiger partial charge in [-0.25, -0.2) is 0 Å². The van der Waals surface area contributed by atoms with E-state index in [4.69, 9.17) is 11.6 Å². The Morgan fingerprint density at radius 2 is 2.13 bits per heavy atom. The Hall–Kier alpha value is -1.22. The molecule has 2 aromatic rings. The maximum atomic E-state index is 6.31.